The number of hydrogen-bond donors (Lipinski definition) is 1. The number of benzene rings is 2. The maximum atomic E-state index is 12.3. The van der Waals surface area contributed by atoms with Crippen molar-refractivity contribution in [2.75, 3.05) is 4.72 Å². The van der Waals surface area contributed by atoms with Crippen LogP contribution in [0.25, 0.3) is 0 Å². The fourth-order valence-corrected chi connectivity index (χ4v) is 3.42. The molecule has 21 heavy (non-hydrogen) atoms. The largest absolute Gasteiger partial charge is 0.280 e. The highest BCUT2D eigenvalue weighted by atomic mass is 79.9. The van der Waals surface area contributed by atoms with E-state index in [1.807, 2.05) is 25.1 Å². The Morgan fingerprint density at radius 3 is 2.33 bits per heavy atom. The Kier molecular flexibility index (Phi) is 5.06. The fourth-order valence-electron chi connectivity index (χ4n) is 1.99. The molecule has 0 aliphatic rings. The average Bonchev–Trinajstić information content (AvgIpc) is 2.44. The van der Waals surface area contributed by atoms with Gasteiger partial charge in [0.1, 0.15) is 0 Å². The van der Waals surface area contributed by atoms with Crippen molar-refractivity contribution in [1.29, 1.82) is 0 Å². The minimum absolute atomic E-state index is 0.277. The zero-order valence-electron chi connectivity index (χ0n) is 12.1. The third-order valence-electron chi connectivity index (χ3n) is 3.20. The molecule has 0 spiro atoms. The summed E-state index contributed by atoms with van der Waals surface area (Å²) in [6.07, 6.45) is 2.00. The summed E-state index contributed by atoms with van der Waals surface area (Å²) in [5.41, 5.74) is 2.75. The summed E-state index contributed by atoms with van der Waals surface area (Å²) in [5, 5.41) is 0. The molecule has 0 aliphatic heterocycles. The van der Waals surface area contributed by atoms with Gasteiger partial charge < -0.3 is 0 Å². The average molecular weight is 368 g/mol. The molecule has 0 aliphatic carbocycles. The van der Waals surface area contributed by atoms with Gasteiger partial charge >= 0.3 is 0 Å². The lowest BCUT2D eigenvalue weighted by Crippen LogP contribution is -2.13. The third-order valence-corrected chi connectivity index (χ3v) is 5.45. The van der Waals surface area contributed by atoms with Gasteiger partial charge in [-0.05, 0) is 48.7 Å². The highest BCUT2D eigenvalue weighted by Crippen LogP contribution is 2.23. The smallest absolute Gasteiger partial charge is 0.261 e. The summed E-state index contributed by atoms with van der Waals surface area (Å²) in [6.45, 7) is 4.05. The first-order valence-electron chi connectivity index (χ1n) is 6.80. The molecule has 2 aromatic carbocycles. The van der Waals surface area contributed by atoms with E-state index in [4.69, 9.17) is 0 Å². The minimum atomic E-state index is -3.55. The zero-order chi connectivity index (χ0) is 15.5. The van der Waals surface area contributed by atoms with E-state index in [0.29, 0.717) is 5.69 Å². The monoisotopic (exact) mass is 367 g/mol. The van der Waals surface area contributed by atoms with Gasteiger partial charge in [-0.25, -0.2) is 8.42 Å². The quantitative estimate of drug-likeness (QED) is 0.844. The van der Waals surface area contributed by atoms with Crippen LogP contribution in [0, 0.1) is 6.92 Å². The van der Waals surface area contributed by atoms with Gasteiger partial charge in [-0.2, -0.15) is 0 Å². The molecule has 0 saturated heterocycles. The Labute approximate surface area is 134 Å². The highest BCUT2D eigenvalue weighted by molar-refractivity contribution is 9.10. The number of aryl methyl sites for hydroxylation is 2. The summed E-state index contributed by atoms with van der Waals surface area (Å²) in [6, 6.07) is 12.4. The molecular formula is C16H18BrNO2S. The third kappa shape index (κ3) is 4.08. The van der Waals surface area contributed by atoms with Gasteiger partial charge in [0.05, 0.1) is 4.90 Å². The lowest BCUT2D eigenvalue weighted by molar-refractivity contribution is 0.601. The van der Waals surface area contributed by atoms with Crippen molar-refractivity contribution in [2.45, 2.75) is 31.6 Å². The molecule has 2 aromatic rings. The predicted molar refractivity (Wildman–Crippen MR) is 90.1 cm³/mol. The predicted octanol–water partition coefficient (Wildman–Crippen LogP) is 4.51. The molecule has 112 valence electrons. The van der Waals surface area contributed by atoms with Crippen molar-refractivity contribution in [3.63, 3.8) is 0 Å². The molecule has 0 atom stereocenters. The van der Waals surface area contributed by atoms with Crippen LogP contribution in [0.1, 0.15) is 24.5 Å². The second-order valence-electron chi connectivity index (χ2n) is 4.96. The number of rotatable bonds is 5. The molecule has 0 saturated carbocycles. The SMILES string of the molecule is CCCc1ccc(S(=O)(=O)Nc2ccc(C)c(Br)c2)cc1. The van der Waals surface area contributed by atoms with Crippen LogP contribution in [0.2, 0.25) is 0 Å². The van der Waals surface area contributed by atoms with Gasteiger partial charge in [-0.1, -0.05) is 47.5 Å². The minimum Gasteiger partial charge on any atom is -0.280 e. The van der Waals surface area contributed by atoms with Crippen molar-refractivity contribution < 1.29 is 8.42 Å². The molecular weight excluding hydrogens is 350 g/mol. The van der Waals surface area contributed by atoms with Crippen LogP contribution in [0.15, 0.2) is 51.8 Å². The molecule has 0 fully saturated rings. The van der Waals surface area contributed by atoms with Crippen LogP contribution in [-0.2, 0) is 16.4 Å². The van der Waals surface area contributed by atoms with Gasteiger partial charge in [0.25, 0.3) is 10.0 Å². The number of halogens is 1. The number of nitrogens with one attached hydrogen (secondary N) is 1. The normalized spacial score (nSPS) is 11.4. The topological polar surface area (TPSA) is 46.2 Å². The van der Waals surface area contributed by atoms with Gasteiger partial charge in [-0.15, -0.1) is 0 Å². The lowest BCUT2D eigenvalue weighted by atomic mass is 10.1. The standard InChI is InChI=1S/C16H18BrNO2S/c1-3-4-13-6-9-15(10-7-13)21(19,20)18-14-8-5-12(2)16(17)11-14/h5-11,18H,3-4H2,1-2H3. The molecule has 3 nitrogen and oxygen atoms in total. The molecule has 0 aromatic heterocycles. The van der Waals surface area contributed by atoms with Gasteiger partial charge in [0, 0.05) is 10.2 Å². The highest BCUT2D eigenvalue weighted by Gasteiger charge is 2.14. The van der Waals surface area contributed by atoms with Gasteiger partial charge in [0.15, 0.2) is 0 Å². The van der Waals surface area contributed by atoms with Crippen LogP contribution in [0.4, 0.5) is 5.69 Å². The van der Waals surface area contributed by atoms with Crippen molar-refractivity contribution in [1.82, 2.24) is 0 Å². The van der Waals surface area contributed by atoms with Crippen molar-refractivity contribution in [3.05, 3.63) is 58.1 Å². The van der Waals surface area contributed by atoms with E-state index in [1.54, 1.807) is 24.3 Å². The number of anilines is 1. The summed E-state index contributed by atoms with van der Waals surface area (Å²) >= 11 is 3.40. The van der Waals surface area contributed by atoms with Gasteiger partial charge in [-0.3, -0.25) is 4.72 Å². The Bertz CT molecular complexity index is 724. The second-order valence-corrected chi connectivity index (χ2v) is 7.50. The molecule has 5 heteroatoms. The maximum Gasteiger partial charge on any atom is 0.261 e. The van der Waals surface area contributed by atoms with Gasteiger partial charge in [0.2, 0.25) is 0 Å². The molecule has 0 radical (unpaired) electrons. The van der Waals surface area contributed by atoms with Crippen LogP contribution < -0.4 is 4.72 Å². The van der Waals surface area contributed by atoms with Crippen LogP contribution in [0.5, 0.6) is 0 Å². The molecule has 0 amide bonds. The summed E-state index contributed by atoms with van der Waals surface area (Å²) in [5.74, 6) is 0. The Hall–Kier alpha value is -1.33. The maximum absolute atomic E-state index is 12.3. The second kappa shape index (κ2) is 6.62. The Morgan fingerprint density at radius 2 is 1.76 bits per heavy atom. The molecule has 2 rings (SSSR count). The van der Waals surface area contributed by atoms with Crippen molar-refractivity contribution >= 4 is 31.6 Å². The van der Waals surface area contributed by atoms with E-state index < -0.39 is 10.0 Å². The molecule has 1 N–H and O–H groups in total. The number of hydrogen-bond acceptors (Lipinski definition) is 2. The lowest BCUT2D eigenvalue weighted by Gasteiger charge is -2.10. The molecule has 0 heterocycles. The van der Waals surface area contributed by atoms with Crippen molar-refractivity contribution in [2.24, 2.45) is 0 Å². The summed E-state index contributed by atoms with van der Waals surface area (Å²) < 4.78 is 28.2. The van der Waals surface area contributed by atoms with Crippen LogP contribution in [-0.4, -0.2) is 8.42 Å². The van der Waals surface area contributed by atoms with Crippen molar-refractivity contribution in [3.8, 4) is 0 Å². The van der Waals surface area contributed by atoms with E-state index in [9.17, 15) is 8.42 Å². The van der Waals surface area contributed by atoms with E-state index in [-0.39, 0.29) is 4.90 Å². The Balaban J connectivity index is 2.23. The number of sulfonamides is 1. The zero-order valence-corrected chi connectivity index (χ0v) is 14.5. The first kappa shape index (κ1) is 16.0. The first-order chi connectivity index (χ1) is 9.92. The fraction of sp³-hybridized carbons (Fsp3) is 0.250. The van der Waals surface area contributed by atoms with E-state index >= 15 is 0 Å². The summed E-state index contributed by atoms with van der Waals surface area (Å²) in [7, 11) is -3.55. The van der Waals surface area contributed by atoms with Crippen LogP contribution >= 0.6 is 15.9 Å². The Morgan fingerprint density at radius 1 is 1.10 bits per heavy atom. The summed E-state index contributed by atoms with van der Waals surface area (Å²) in [4.78, 5) is 0.277. The van der Waals surface area contributed by atoms with E-state index in [1.165, 1.54) is 0 Å². The molecule has 0 unspecified atom stereocenters. The first-order valence-corrected chi connectivity index (χ1v) is 9.08. The molecule has 0 bridgehead atoms. The van der Waals surface area contributed by atoms with E-state index in [2.05, 4.69) is 27.6 Å². The van der Waals surface area contributed by atoms with E-state index in [0.717, 1.165) is 28.4 Å². The van der Waals surface area contributed by atoms with Crippen LogP contribution in [0.3, 0.4) is 0 Å².